The predicted octanol–water partition coefficient (Wildman–Crippen LogP) is 5.91. The van der Waals surface area contributed by atoms with Gasteiger partial charge in [-0.3, -0.25) is 5.41 Å². The van der Waals surface area contributed by atoms with Gasteiger partial charge in [0.2, 0.25) is 11.7 Å². The van der Waals surface area contributed by atoms with Crippen LogP contribution >= 0.6 is 12.4 Å². The lowest BCUT2D eigenvalue weighted by molar-refractivity contribution is 0.354. The number of nitrogens with two attached hydrogens (primary N) is 1. The van der Waals surface area contributed by atoms with Crippen LogP contribution in [0.3, 0.4) is 0 Å². The topological polar surface area (TPSA) is 92.0 Å². The van der Waals surface area contributed by atoms with E-state index in [0.29, 0.717) is 18.3 Å². The van der Waals surface area contributed by atoms with Gasteiger partial charge >= 0.3 is 0 Å². The number of unbranched alkanes of at least 4 members (excludes halogenated alkanes) is 8. The summed E-state index contributed by atoms with van der Waals surface area (Å²) in [6.07, 6.45) is 14.3. The molecule has 0 aliphatic carbocycles. The smallest absolute Gasteiger partial charge is 0.231 e. The first kappa shape index (κ1) is 25.2. The second kappa shape index (κ2) is 13.4. The fourth-order valence-electron chi connectivity index (χ4n) is 4.16. The Morgan fingerprint density at radius 3 is 2.32 bits per heavy atom. The minimum Gasteiger partial charge on any atom is -0.370 e. The summed E-state index contributed by atoms with van der Waals surface area (Å²) in [6, 6.07) is 8.55. The van der Waals surface area contributed by atoms with Gasteiger partial charge < -0.3 is 15.2 Å². The van der Waals surface area contributed by atoms with Gasteiger partial charge in [-0.05, 0) is 24.8 Å². The number of aromatic nitrogens is 2. The maximum Gasteiger partial charge on any atom is 0.231 e. The van der Waals surface area contributed by atoms with Crippen LogP contribution in [0.1, 0.15) is 88.5 Å². The summed E-state index contributed by atoms with van der Waals surface area (Å²) in [4.78, 5) is 6.44. The summed E-state index contributed by atoms with van der Waals surface area (Å²) in [5.74, 6) is 1.55. The van der Waals surface area contributed by atoms with E-state index < -0.39 is 0 Å². The lowest BCUT2D eigenvalue weighted by Gasteiger charge is -2.14. The Kier molecular flexibility index (Phi) is 10.9. The minimum atomic E-state index is 0. The first-order valence-electron chi connectivity index (χ1n) is 11.7. The van der Waals surface area contributed by atoms with Crippen molar-refractivity contribution in [1.29, 1.82) is 5.41 Å². The van der Waals surface area contributed by atoms with Gasteiger partial charge in [0.15, 0.2) is 5.96 Å². The molecule has 1 saturated heterocycles. The summed E-state index contributed by atoms with van der Waals surface area (Å²) in [5.41, 5.74) is 7.93. The van der Waals surface area contributed by atoms with E-state index in [4.69, 9.17) is 15.7 Å². The summed E-state index contributed by atoms with van der Waals surface area (Å²) in [5, 5.41) is 11.7. The molecule has 2 aromatic rings. The quantitative estimate of drug-likeness (QED) is 0.239. The lowest BCUT2D eigenvalue weighted by atomic mass is 10.0. The average Bonchev–Trinajstić information content (AvgIpc) is 3.43. The fourth-order valence-corrected chi connectivity index (χ4v) is 4.16. The van der Waals surface area contributed by atoms with Gasteiger partial charge in [-0.2, -0.15) is 4.98 Å². The zero-order valence-corrected chi connectivity index (χ0v) is 19.6. The number of nitrogens with one attached hydrogen (secondary N) is 1. The molecule has 3 rings (SSSR count). The molecule has 31 heavy (non-hydrogen) atoms. The predicted molar refractivity (Wildman–Crippen MR) is 129 cm³/mol. The first-order chi connectivity index (χ1) is 14.7. The van der Waals surface area contributed by atoms with Gasteiger partial charge in [0.25, 0.3) is 0 Å². The van der Waals surface area contributed by atoms with E-state index in [1.807, 2.05) is 4.90 Å². The number of halogens is 1. The fraction of sp³-hybridized carbons (Fsp3) is 0.625. The largest absolute Gasteiger partial charge is 0.370 e. The van der Waals surface area contributed by atoms with Crippen molar-refractivity contribution < 1.29 is 4.52 Å². The highest BCUT2D eigenvalue weighted by Gasteiger charge is 2.29. The number of benzene rings is 1. The van der Waals surface area contributed by atoms with Crippen molar-refractivity contribution >= 4 is 18.4 Å². The van der Waals surface area contributed by atoms with Gasteiger partial charge in [-0.1, -0.05) is 87.7 Å². The number of guanidine groups is 1. The number of hydrogen-bond acceptors (Lipinski definition) is 4. The molecule has 0 bridgehead atoms. The summed E-state index contributed by atoms with van der Waals surface area (Å²) in [6.45, 7) is 3.71. The Hall–Kier alpha value is -2.08. The highest BCUT2D eigenvalue weighted by molar-refractivity contribution is 5.85. The molecule has 6 nitrogen and oxygen atoms in total. The highest BCUT2D eigenvalue weighted by Crippen LogP contribution is 2.27. The highest BCUT2D eigenvalue weighted by atomic mass is 35.5. The molecule has 0 amide bonds. The number of aryl methyl sites for hydroxylation is 1. The molecule has 7 heteroatoms. The molecular formula is C24H38ClN5O. The van der Waals surface area contributed by atoms with Gasteiger partial charge in [0.05, 0.1) is 5.92 Å². The van der Waals surface area contributed by atoms with E-state index in [1.54, 1.807) is 0 Å². The third-order valence-corrected chi connectivity index (χ3v) is 6.10. The van der Waals surface area contributed by atoms with Crippen molar-refractivity contribution in [2.45, 2.75) is 83.5 Å². The molecule has 172 valence electrons. The monoisotopic (exact) mass is 447 g/mol. The Bertz CT molecular complexity index is 777. The molecular weight excluding hydrogens is 410 g/mol. The molecule has 1 aromatic heterocycles. The maximum absolute atomic E-state index is 7.55. The van der Waals surface area contributed by atoms with E-state index in [1.165, 1.54) is 63.4 Å². The molecule has 0 spiro atoms. The van der Waals surface area contributed by atoms with Crippen LogP contribution in [0.4, 0.5) is 0 Å². The number of hydrogen-bond donors (Lipinski definition) is 2. The standard InChI is InChI=1S/C24H37N5O.ClH/c1-2-3-4-5-6-7-8-9-10-11-19-12-14-20(15-13-19)22-27-23(30-28-22)21-16-17-29(18-21)24(25)26;/h12-15,21H,2-11,16-18H2,1H3,(H3,25,26);1H/t21-;/m1./s1. The molecule has 1 fully saturated rings. The number of rotatable bonds is 12. The normalized spacial score (nSPS) is 15.8. The third kappa shape index (κ3) is 7.84. The third-order valence-electron chi connectivity index (χ3n) is 6.10. The van der Waals surface area contributed by atoms with Crippen LogP contribution in [-0.2, 0) is 6.42 Å². The molecule has 1 atom stereocenters. The first-order valence-corrected chi connectivity index (χ1v) is 11.7. The molecule has 0 unspecified atom stereocenters. The van der Waals surface area contributed by atoms with Crippen LogP contribution in [-0.4, -0.2) is 34.1 Å². The van der Waals surface area contributed by atoms with Crippen LogP contribution in [0, 0.1) is 5.41 Å². The van der Waals surface area contributed by atoms with Gasteiger partial charge in [0.1, 0.15) is 0 Å². The second-order valence-corrected chi connectivity index (χ2v) is 8.55. The summed E-state index contributed by atoms with van der Waals surface area (Å²) < 4.78 is 5.50. The molecule has 3 N–H and O–H groups in total. The Morgan fingerprint density at radius 2 is 1.71 bits per heavy atom. The number of likely N-dealkylation sites (tertiary alicyclic amines) is 1. The minimum absolute atomic E-state index is 0. The van der Waals surface area contributed by atoms with Crippen molar-refractivity contribution in [3.8, 4) is 11.4 Å². The van der Waals surface area contributed by atoms with E-state index in [9.17, 15) is 0 Å². The van der Waals surface area contributed by atoms with Crippen molar-refractivity contribution in [3.05, 3.63) is 35.7 Å². The van der Waals surface area contributed by atoms with Gasteiger partial charge in [-0.15, -0.1) is 12.4 Å². The van der Waals surface area contributed by atoms with Gasteiger partial charge in [-0.25, -0.2) is 0 Å². The van der Waals surface area contributed by atoms with Crippen molar-refractivity contribution in [3.63, 3.8) is 0 Å². The summed E-state index contributed by atoms with van der Waals surface area (Å²) in [7, 11) is 0. The van der Waals surface area contributed by atoms with Crippen LogP contribution < -0.4 is 5.73 Å². The zero-order chi connectivity index (χ0) is 21.2. The Labute approximate surface area is 192 Å². The SMILES string of the molecule is CCCCCCCCCCCc1ccc(-c2noc([C@@H]3CCN(C(=N)N)C3)n2)cc1.Cl. The molecule has 2 heterocycles. The molecule has 0 radical (unpaired) electrons. The summed E-state index contributed by atoms with van der Waals surface area (Å²) >= 11 is 0. The molecule has 1 aliphatic heterocycles. The Morgan fingerprint density at radius 1 is 1.06 bits per heavy atom. The second-order valence-electron chi connectivity index (χ2n) is 8.55. The lowest BCUT2D eigenvalue weighted by Crippen LogP contribution is -2.34. The van der Waals surface area contributed by atoms with E-state index in [-0.39, 0.29) is 24.3 Å². The molecule has 0 saturated carbocycles. The van der Waals surface area contributed by atoms with E-state index in [2.05, 4.69) is 41.3 Å². The Balaban J connectivity index is 0.00000341. The number of nitrogens with zero attached hydrogens (tertiary/aromatic N) is 3. The molecule has 1 aliphatic rings. The van der Waals surface area contributed by atoms with Crippen LogP contribution in [0.5, 0.6) is 0 Å². The maximum atomic E-state index is 7.55. The van der Waals surface area contributed by atoms with Crippen molar-refractivity contribution in [2.24, 2.45) is 5.73 Å². The average molecular weight is 448 g/mol. The van der Waals surface area contributed by atoms with Crippen LogP contribution in [0.25, 0.3) is 11.4 Å². The van der Waals surface area contributed by atoms with E-state index >= 15 is 0 Å². The van der Waals surface area contributed by atoms with Crippen molar-refractivity contribution in [1.82, 2.24) is 15.0 Å². The van der Waals surface area contributed by atoms with Crippen LogP contribution in [0.2, 0.25) is 0 Å². The van der Waals surface area contributed by atoms with Gasteiger partial charge in [0, 0.05) is 18.7 Å². The van der Waals surface area contributed by atoms with E-state index in [0.717, 1.165) is 24.9 Å². The van der Waals surface area contributed by atoms with Crippen LogP contribution in [0.15, 0.2) is 28.8 Å². The van der Waals surface area contributed by atoms with Crippen molar-refractivity contribution in [2.75, 3.05) is 13.1 Å². The molecule has 1 aromatic carbocycles. The zero-order valence-electron chi connectivity index (χ0n) is 18.8.